The zero-order valence-corrected chi connectivity index (χ0v) is 14.4. The molecule has 0 bridgehead atoms. The van der Waals surface area contributed by atoms with Crippen molar-refractivity contribution < 1.29 is 9.53 Å². The van der Waals surface area contributed by atoms with E-state index in [2.05, 4.69) is 41.2 Å². The summed E-state index contributed by atoms with van der Waals surface area (Å²) in [5, 5.41) is 2.83. The highest BCUT2D eigenvalue weighted by atomic mass is 79.9. The average Bonchev–Trinajstić information content (AvgIpc) is 2.54. The molecule has 0 fully saturated rings. The number of anilines is 1. The maximum absolute atomic E-state index is 12.0. The van der Waals surface area contributed by atoms with Crippen molar-refractivity contribution in [3.8, 4) is 5.75 Å². The second-order valence-corrected chi connectivity index (χ2v) is 6.02. The van der Waals surface area contributed by atoms with Gasteiger partial charge in [0.05, 0.1) is 5.69 Å². The van der Waals surface area contributed by atoms with E-state index in [-0.39, 0.29) is 12.5 Å². The summed E-state index contributed by atoms with van der Waals surface area (Å²) in [5.41, 5.74) is 1.88. The number of halogens is 1. The van der Waals surface area contributed by atoms with Crippen molar-refractivity contribution in [2.75, 3.05) is 11.9 Å². The molecule has 0 radical (unpaired) electrons. The highest BCUT2D eigenvalue weighted by Crippen LogP contribution is 2.28. The van der Waals surface area contributed by atoms with Crippen LogP contribution in [0.1, 0.15) is 31.7 Å². The van der Waals surface area contributed by atoms with Crippen LogP contribution >= 0.6 is 15.9 Å². The summed E-state index contributed by atoms with van der Waals surface area (Å²) in [7, 11) is 0. The number of hydrogen-bond acceptors (Lipinski definition) is 2. The van der Waals surface area contributed by atoms with E-state index in [4.69, 9.17) is 4.74 Å². The Hall–Kier alpha value is -1.81. The monoisotopic (exact) mass is 361 g/mol. The van der Waals surface area contributed by atoms with Crippen molar-refractivity contribution in [1.82, 2.24) is 0 Å². The minimum absolute atomic E-state index is 0.00518. The van der Waals surface area contributed by atoms with E-state index >= 15 is 0 Å². The molecule has 3 nitrogen and oxygen atoms in total. The molecular formula is C18H20BrNO2. The van der Waals surface area contributed by atoms with Crippen LogP contribution in [-0.2, 0) is 4.79 Å². The van der Waals surface area contributed by atoms with Gasteiger partial charge in [-0.1, -0.05) is 44.2 Å². The Labute approximate surface area is 139 Å². The van der Waals surface area contributed by atoms with Crippen molar-refractivity contribution in [1.29, 1.82) is 0 Å². The predicted octanol–water partition coefficient (Wildman–Crippen LogP) is 4.98. The minimum Gasteiger partial charge on any atom is -0.483 e. The van der Waals surface area contributed by atoms with Gasteiger partial charge < -0.3 is 10.1 Å². The molecule has 0 aliphatic carbocycles. The lowest BCUT2D eigenvalue weighted by molar-refractivity contribution is -0.118. The van der Waals surface area contributed by atoms with Gasteiger partial charge in [-0.15, -0.1) is 0 Å². The molecule has 2 rings (SSSR count). The van der Waals surface area contributed by atoms with E-state index in [9.17, 15) is 4.79 Å². The molecule has 1 N–H and O–H groups in total. The molecule has 116 valence electrons. The molecule has 1 amide bonds. The van der Waals surface area contributed by atoms with Gasteiger partial charge in [-0.3, -0.25) is 4.79 Å². The molecule has 0 heterocycles. The minimum atomic E-state index is -0.175. The van der Waals surface area contributed by atoms with Crippen molar-refractivity contribution in [2.45, 2.75) is 26.2 Å². The van der Waals surface area contributed by atoms with Crippen LogP contribution in [0.25, 0.3) is 0 Å². The summed E-state index contributed by atoms with van der Waals surface area (Å²) in [6, 6.07) is 15.4. The number of benzene rings is 2. The van der Waals surface area contributed by atoms with Crippen LogP contribution in [-0.4, -0.2) is 12.5 Å². The molecule has 22 heavy (non-hydrogen) atoms. The van der Waals surface area contributed by atoms with Gasteiger partial charge in [0, 0.05) is 4.47 Å². The molecule has 4 heteroatoms. The molecule has 1 unspecified atom stereocenters. The summed E-state index contributed by atoms with van der Waals surface area (Å²) < 4.78 is 6.56. The van der Waals surface area contributed by atoms with E-state index in [1.54, 1.807) is 0 Å². The van der Waals surface area contributed by atoms with Crippen LogP contribution in [0.15, 0.2) is 53.0 Å². The standard InChI is InChI=1S/C18H20BrNO2/c1-3-13(2)14-8-4-7-11-17(14)22-12-18(21)20-16-10-6-5-9-15(16)19/h4-11,13H,3,12H2,1-2H3,(H,20,21). The van der Waals surface area contributed by atoms with Gasteiger partial charge in [-0.2, -0.15) is 0 Å². The van der Waals surface area contributed by atoms with Crippen LogP contribution in [0, 0.1) is 0 Å². The highest BCUT2D eigenvalue weighted by molar-refractivity contribution is 9.10. The summed E-state index contributed by atoms with van der Waals surface area (Å²) in [6.45, 7) is 4.29. The zero-order chi connectivity index (χ0) is 15.9. The lowest BCUT2D eigenvalue weighted by atomic mass is 9.98. The fourth-order valence-electron chi connectivity index (χ4n) is 2.13. The van der Waals surface area contributed by atoms with E-state index in [0.717, 1.165) is 27.9 Å². The number of hydrogen-bond donors (Lipinski definition) is 1. The number of rotatable bonds is 6. The van der Waals surface area contributed by atoms with Gasteiger partial charge in [0.25, 0.3) is 5.91 Å². The Balaban J connectivity index is 1.99. The lowest BCUT2D eigenvalue weighted by Crippen LogP contribution is -2.20. The number of carbonyl (C=O) groups is 1. The first-order valence-corrected chi connectivity index (χ1v) is 8.17. The van der Waals surface area contributed by atoms with Crippen molar-refractivity contribution in [2.24, 2.45) is 0 Å². The number of carbonyl (C=O) groups excluding carboxylic acids is 1. The summed E-state index contributed by atoms with van der Waals surface area (Å²) >= 11 is 3.41. The fraction of sp³-hybridized carbons (Fsp3) is 0.278. The number of para-hydroxylation sites is 2. The van der Waals surface area contributed by atoms with Crippen LogP contribution in [0.5, 0.6) is 5.75 Å². The van der Waals surface area contributed by atoms with Crippen LogP contribution in [0.4, 0.5) is 5.69 Å². The molecule has 1 atom stereocenters. The Morgan fingerprint density at radius 2 is 1.86 bits per heavy atom. The van der Waals surface area contributed by atoms with Gasteiger partial charge >= 0.3 is 0 Å². The van der Waals surface area contributed by atoms with Crippen LogP contribution < -0.4 is 10.1 Å². The molecule has 0 aliphatic heterocycles. The Bertz CT molecular complexity index is 642. The topological polar surface area (TPSA) is 38.3 Å². The first-order chi connectivity index (χ1) is 10.6. The van der Waals surface area contributed by atoms with Crippen LogP contribution in [0.3, 0.4) is 0 Å². The third kappa shape index (κ3) is 4.34. The van der Waals surface area contributed by atoms with E-state index in [1.165, 1.54) is 0 Å². The van der Waals surface area contributed by atoms with Crippen LogP contribution in [0.2, 0.25) is 0 Å². The van der Waals surface area contributed by atoms with Gasteiger partial charge in [0.1, 0.15) is 5.75 Å². The lowest BCUT2D eigenvalue weighted by Gasteiger charge is -2.15. The Kier molecular flexibility index (Phi) is 6.01. The van der Waals surface area contributed by atoms with E-state index < -0.39 is 0 Å². The third-order valence-corrected chi connectivity index (χ3v) is 4.26. The average molecular weight is 362 g/mol. The normalized spacial score (nSPS) is 11.8. The molecule has 0 spiro atoms. The Morgan fingerprint density at radius 1 is 1.18 bits per heavy atom. The first kappa shape index (κ1) is 16.6. The summed E-state index contributed by atoms with van der Waals surface area (Å²) in [5.74, 6) is 1.01. The summed E-state index contributed by atoms with van der Waals surface area (Å²) in [4.78, 5) is 12.0. The quantitative estimate of drug-likeness (QED) is 0.787. The number of amides is 1. The molecule has 0 aromatic heterocycles. The predicted molar refractivity (Wildman–Crippen MR) is 93.4 cm³/mol. The van der Waals surface area contributed by atoms with Gasteiger partial charge in [0.15, 0.2) is 6.61 Å². The molecule has 0 saturated heterocycles. The molecule has 2 aromatic carbocycles. The second-order valence-electron chi connectivity index (χ2n) is 5.16. The van der Waals surface area contributed by atoms with Crippen molar-refractivity contribution in [3.05, 3.63) is 58.6 Å². The number of nitrogens with one attached hydrogen (secondary N) is 1. The first-order valence-electron chi connectivity index (χ1n) is 7.38. The fourth-order valence-corrected chi connectivity index (χ4v) is 2.52. The van der Waals surface area contributed by atoms with Crippen molar-refractivity contribution >= 4 is 27.5 Å². The maximum atomic E-state index is 12.0. The van der Waals surface area contributed by atoms with Gasteiger partial charge in [-0.25, -0.2) is 0 Å². The third-order valence-electron chi connectivity index (χ3n) is 3.57. The molecule has 0 aliphatic rings. The van der Waals surface area contributed by atoms with Gasteiger partial charge in [0.2, 0.25) is 0 Å². The SMILES string of the molecule is CCC(C)c1ccccc1OCC(=O)Nc1ccccc1Br. The molecule has 0 saturated carbocycles. The largest absolute Gasteiger partial charge is 0.483 e. The zero-order valence-electron chi connectivity index (χ0n) is 12.8. The molecule has 2 aromatic rings. The molecular weight excluding hydrogens is 342 g/mol. The van der Waals surface area contributed by atoms with E-state index in [1.807, 2.05) is 42.5 Å². The second kappa shape index (κ2) is 7.99. The highest BCUT2D eigenvalue weighted by Gasteiger charge is 2.11. The Morgan fingerprint density at radius 3 is 2.59 bits per heavy atom. The van der Waals surface area contributed by atoms with E-state index in [0.29, 0.717) is 5.92 Å². The van der Waals surface area contributed by atoms with Crippen molar-refractivity contribution in [3.63, 3.8) is 0 Å². The summed E-state index contributed by atoms with van der Waals surface area (Å²) in [6.07, 6.45) is 1.03. The smallest absolute Gasteiger partial charge is 0.262 e. The van der Waals surface area contributed by atoms with Gasteiger partial charge in [-0.05, 0) is 52.0 Å². The number of ether oxygens (including phenoxy) is 1. The maximum Gasteiger partial charge on any atom is 0.262 e.